The van der Waals surface area contributed by atoms with E-state index in [0.29, 0.717) is 0 Å². The Morgan fingerprint density at radius 2 is 1.85 bits per heavy atom. The topological polar surface area (TPSA) is 101 Å². The van der Waals surface area contributed by atoms with Crippen LogP contribution in [-0.4, -0.2) is 20.7 Å². The van der Waals surface area contributed by atoms with Crippen LogP contribution in [0, 0.1) is 0 Å². The summed E-state index contributed by atoms with van der Waals surface area (Å²) in [6.45, 7) is 0. The molecule has 4 aromatic rings. The number of carbonyl (C=O) groups is 1. The highest BCUT2D eigenvalue weighted by Crippen LogP contribution is 2.35. The second kappa shape index (κ2) is 6.86. The highest BCUT2D eigenvalue weighted by molar-refractivity contribution is 8.01. The zero-order valence-corrected chi connectivity index (χ0v) is 15.2. The van der Waals surface area contributed by atoms with E-state index in [0.717, 1.165) is 25.2 Å². The van der Waals surface area contributed by atoms with Gasteiger partial charge in [-0.15, -0.1) is 11.3 Å². The molecule has 27 heavy (non-hydrogen) atoms. The van der Waals surface area contributed by atoms with Gasteiger partial charge in [-0.05, 0) is 18.2 Å². The van der Waals surface area contributed by atoms with E-state index in [1.165, 1.54) is 29.2 Å². The first-order valence-electron chi connectivity index (χ1n) is 7.74. The van der Waals surface area contributed by atoms with Gasteiger partial charge in [-0.3, -0.25) is 15.0 Å². The molecule has 134 valence electrons. The Bertz CT molecular complexity index is 1180. The number of aromatic carboxylic acids is 1. The lowest BCUT2D eigenvalue weighted by Crippen LogP contribution is -2.11. The van der Waals surface area contributed by atoms with Crippen LogP contribution in [0.25, 0.3) is 11.3 Å². The zero-order chi connectivity index (χ0) is 19.0. The summed E-state index contributed by atoms with van der Waals surface area (Å²) in [6, 6.07) is 14.5. The van der Waals surface area contributed by atoms with Gasteiger partial charge < -0.3 is 5.11 Å². The number of carboxylic acids is 1. The van der Waals surface area contributed by atoms with E-state index < -0.39 is 17.1 Å². The van der Waals surface area contributed by atoms with Crippen molar-refractivity contribution in [3.8, 4) is 11.3 Å². The van der Waals surface area contributed by atoms with E-state index >= 15 is 0 Å². The highest BCUT2D eigenvalue weighted by atomic mass is 32.2. The summed E-state index contributed by atoms with van der Waals surface area (Å²) >= 11 is 2.85. The van der Waals surface area contributed by atoms with E-state index in [4.69, 9.17) is 0 Å². The minimum Gasteiger partial charge on any atom is -0.478 e. The van der Waals surface area contributed by atoms with Crippen molar-refractivity contribution in [1.82, 2.24) is 9.66 Å². The van der Waals surface area contributed by atoms with Crippen molar-refractivity contribution in [3.05, 3.63) is 80.2 Å². The largest absolute Gasteiger partial charge is 0.478 e. The van der Waals surface area contributed by atoms with Gasteiger partial charge in [0.15, 0.2) is 4.34 Å². The molecule has 0 atom stereocenters. The first-order chi connectivity index (χ1) is 13.0. The summed E-state index contributed by atoms with van der Waals surface area (Å²) in [5.41, 5.74) is 3.17. The summed E-state index contributed by atoms with van der Waals surface area (Å²) in [6.07, 6.45) is 0. The lowest BCUT2D eigenvalue weighted by atomic mass is 10.2. The fraction of sp³-hybridized carbons (Fsp3) is 0. The summed E-state index contributed by atoms with van der Waals surface area (Å²) < 4.78 is 1.56. The molecule has 4 rings (SSSR count). The van der Waals surface area contributed by atoms with Crippen LogP contribution in [0.1, 0.15) is 10.4 Å². The van der Waals surface area contributed by atoms with Crippen molar-refractivity contribution in [1.29, 1.82) is 0 Å². The number of nitrogens with one attached hydrogen (secondary N) is 1. The molecule has 0 unspecified atom stereocenters. The van der Waals surface area contributed by atoms with Crippen LogP contribution >= 0.6 is 23.1 Å². The molecule has 0 fully saturated rings. The predicted molar refractivity (Wildman–Crippen MR) is 103 cm³/mol. The molecule has 0 spiro atoms. The molecule has 0 amide bonds. The minimum absolute atomic E-state index is 0.0315. The number of hydrogen-bond donors (Lipinski definition) is 2. The zero-order valence-electron chi connectivity index (χ0n) is 13.6. The molecule has 9 heteroatoms. The van der Waals surface area contributed by atoms with E-state index in [1.807, 2.05) is 35.7 Å². The average molecular weight is 397 g/mol. The first-order valence-corrected chi connectivity index (χ1v) is 9.44. The second-order valence-electron chi connectivity index (χ2n) is 5.54. The van der Waals surface area contributed by atoms with Crippen molar-refractivity contribution in [2.24, 2.45) is 0 Å². The first kappa shape index (κ1) is 17.3. The molecular formula is C18H11N3O4S2. The average Bonchev–Trinajstić information content (AvgIpc) is 3.05. The van der Waals surface area contributed by atoms with Crippen LogP contribution in [0.5, 0.6) is 0 Å². The molecule has 0 radical (unpaired) electrons. The number of carboxylic acid groups (broad SMARTS) is 1. The fourth-order valence-electron chi connectivity index (χ4n) is 2.37. The van der Waals surface area contributed by atoms with Crippen molar-refractivity contribution in [3.63, 3.8) is 0 Å². The normalized spacial score (nSPS) is 11.0. The Kier molecular flexibility index (Phi) is 4.38. The molecule has 2 N–H and O–H groups in total. The SMILES string of the molecule is O=C(O)c1ccc(Sc2nc(-c3ccccc3)cs2)cc1Nn1c(=O)c1=O. The Balaban J connectivity index is 1.60. The lowest BCUT2D eigenvalue weighted by molar-refractivity contribution is 0.0698. The summed E-state index contributed by atoms with van der Waals surface area (Å²) in [5.74, 6) is -1.16. The molecule has 0 saturated carbocycles. The van der Waals surface area contributed by atoms with Crippen LogP contribution in [0.4, 0.5) is 5.69 Å². The number of hydrogen-bond acceptors (Lipinski definition) is 7. The maximum Gasteiger partial charge on any atom is 0.340 e. The third-order valence-electron chi connectivity index (χ3n) is 3.75. The Labute approximate surface area is 160 Å². The Hall–Kier alpha value is -3.17. The van der Waals surface area contributed by atoms with Crippen LogP contribution in [-0.2, 0) is 0 Å². The van der Waals surface area contributed by atoms with Crippen LogP contribution in [0.15, 0.2) is 72.7 Å². The third kappa shape index (κ3) is 3.55. The van der Waals surface area contributed by atoms with Crippen LogP contribution < -0.4 is 16.5 Å². The van der Waals surface area contributed by atoms with Gasteiger partial charge in [0.25, 0.3) is 0 Å². The summed E-state index contributed by atoms with van der Waals surface area (Å²) in [4.78, 5) is 39.0. The number of aromatic nitrogens is 2. The monoisotopic (exact) mass is 397 g/mol. The van der Waals surface area contributed by atoms with Gasteiger partial charge in [0.1, 0.15) is 0 Å². The molecular weight excluding hydrogens is 386 g/mol. The van der Waals surface area contributed by atoms with E-state index in [2.05, 4.69) is 10.4 Å². The van der Waals surface area contributed by atoms with Gasteiger partial charge >= 0.3 is 17.1 Å². The van der Waals surface area contributed by atoms with E-state index in [-0.39, 0.29) is 11.3 Å². The molecule has 7 nitrogen and oxygen atoms in total. The van der Waals surface area contributed by atoms with Gasteiger partial charge in [0.05, 0.1) is 16.9 Å². The maximum atomic E-state index is 11.4. The molecule has 0 aliphatic carbocycles. The lowest BCUT2D eigenvalue weighted by Gasteiger charge is -2.08. The van der Waals surface area contributed by atoms with Crippen molar-refractivity contribution in [2.75, 3.05) is 5.43 Å². The van der Waals surface area contributed by atoms with Crippen LogP contribution in [0.3, 0.4) is 0 Å². The highest BCUT2D eigenvalue weighted by Gasteiger charge is 2.20. The molecule has 0 aliphatic heterocycles. The smallest absolute Gasteiger partial charge is 0.340 e. The van der Waals surface area contributed by atoms with Crippen molar-refractivity contribution < 1.29 is 9.90 Å². The van der Waals surface area contributed by atoms with Gasteiger partial charge in [0.2, 0.25) is 0 Å². The molecule has 2 aromatic carbocycles. The minimum atomic E-state index is -1.16. The van der Waals surface area contributed by atoms with Gasteiger partial charge in [-0.2, -0.15) is 4.68 Å². The quantitative estimate of drug-likeness (QED) is 0.482. The summed E-state index contributed by atoms with van der Waals surface area (Å²) in [7, 11) is 0. The van der Waals surface area contributed by atoms with Crippen molar-refractivity contribution in [2.45, 2.75) is 9.24 Å². The van der Waals surface area contributed by atoms with Crippen molar-refractivity contribution >= 4 is 34.8 Å². The van der Waals surface area contributed by atoms with Gasteiger partial charge in [-0.1, -0.05) is 42.1 Å². The third-order valence-corrected chi connectivity index (χ3v) is 5.68. The van der Waals surface area contributed by atoms with E-state index in [9.17, 15) is 19.5 Å². The maximum absolute atomic E-state index is 11.4. The Morgan fingerprint density at radius 1 is 1.11 bits per heavy atom. The number of thiazole rings is 1. The van der Waals surface area contributed by atoms with Gasteiger partial charge in [-0.25, -0.2) is 9.78 Å². The van der Waals surface area contributed by atoms with E-state index in [1.54, 1.807) is 12.1 Å². The number of benzene rings is 2. The molecule has 0 aliphatic rings. The standard InChI is InChI=1S/C18H11N3O4S2/c22-15-16(23)21(15)20-13-8-11(6-7-12(13)17(24)25)27-18-19-14(9-26-18)10-4-2-1-3-5-10/h1-9,20H,(H,24,25). The number of rotatable bonds is 6. The van der Waals surface area contributed by atoms with Gasteiger partial charge in [0, 0.05) is 15.8 Å². The Morgan fingerprint density at radius 3 is 2.52 bits per heavy atom. The number of nitrogens with zero attached hydrogens (tertiary/aromatic N) is 2. The second-order valence-corrected chi connectivity index (χ2v) is 7.72. The molecule has 0 bridgehead atoms. The number of anilines is 1. The fourth-order valence-corrected chi connectivity index (χ4v) is 4.21. The predicted octanol–water partition coefficient (Wildman–Crippen LogP) is 2.93. The molecule has 2 heterocycles. The molecule has 0 saturated heterocycles. The molecule has 2 aromatic heterocycles. The summed E-state index contributed by atoms with van der Waals surface area (Å²) in [5, 5.41) is 11.2. The van der Waals surface area contributed by atoms with Crippen LogP contribution in [0.2, 0.25) is 0 Å².